The Hall–Kier alpha value is -1.34. The minimum atomic E-state index is -0.0977. The van der Waals surface area contributed by atoms with Crippen molar-refractivity contribution in [2.75, 3.05) is 44.7 Å². The van der Waals surface area contributed by atoms with Crippen LogP contribution >= 0.6 is 24.0 Å². The third kappa shape index (κ3) is 5.07. The van der Waals surface area contributed by atoms with E-state index in [0.29, 0.717) is 42.6 Å². The number of anilines is 1. The summed E-state index contributed by atoms with van der Waals surface area (Å²) in [4.78, 5) is 26.5. The van der Waals surface area contributed by atoms with Crippen LogP contribution in [0, 0.1) is 5.92 Å². The molecule has 0 spiro atoms. The number of hydrogen-bond acceptors (Lipinski definition) is 4. The van der Waals surface area contributed by atoms with Crippen molar-refractivity contribution in [3.05, 3.63) is 28.8 Å². The van der Waals surface area contributed by atoms with E-state index in [2.05, 4.69) is 10.6 Å². The van der Waals surface area contributed by atoms with E-state index in [0.717, 1.165) is 25.9 Å². The Morgan fingerprint density at radius 2 is 1.88 bits per heavy atom. The first kappa shape index (κ1) is 20.0. The highest BCUT2D eigenvalue weighted by Gasteiger charge is 2.23. The zero-order chi connectivity index (χ0) is 16.9. The van der Waals surface area contributed by atoms with Crippen molar-refractivity contribution in [3.63, 3.8) is 0 Å². The van der Waals surface area contributed by atoms with Gasteiger partial charge >= 0.3 is 0 Å². The second kappa shape index (κ2) is 9.38. The van der Waals surface area contributed by atoms with Crippen LogP contribution in [0.3, 0.4) is 0 Å². The summed E-state index contributed by atoms with van der Waals surface area (Å²) in [5.74, 6) is -0.0564. The summed E-state index contributed by atoms with van der Waals surface area (Å²) < 4.78 is 5.26. The van der Waals surface area contributed by atoms with E-state index in [4.69, 9.17) is 16.3 Å². The molecule has 6 nitrogen and oxygen atoms in total. The SMILES string of the molecule is Cl.O=C(Nc1ccc(C(=O)N2CCOCC2)c(Cl)c1)C1CCNCC1. The second-order valence-corrected chi connectivity index (χ2v) is 6.52. The molecule has 25 heavy (non-hydrogen) atoms. The Morgan fingerprint density at radius 1 is 1.20 bits per heavy atom. The van der Waals surface area contributed by atoms with Gasteiger partial charge in [0, 0.05) is 24.7 Å². The van der Waals surface area contributed by atoms with Gasteiger partial charge in [-0.15, -0.1) is 12.4 Å². The molecule has 2 fully saturated rings. The van der Waals surface area contributed by atoms with E-state index in [1.807, 2.05) is 0 Å². The van der Waals surface area contributed by atoms with Crippen molar-refractivity contribution in [3.8, 4) is 0 Å². The Labute approximate surface area is 158 Å². The predicted molar refractivity (Wildman–Crippen MR) is 99.6 cm³/mol. The molecule has 0 atom stereocenters. The van der Waals surface area contributed by atoms with Crippen molar-refractivity contribution in [1.82, 2.24) is 10.2 Å². The molecule has 138 valence electrons. The Balaban J connectivity index is 0.00000225. The van der Waals surface area contributed by atoms with Crippen molar-refractivity contribution >= 4 is 41.5 Å². The van der Waals surface area contributed by atoms with Crippen LogP contribution in [0.15, 0.2) is 18.2 Å². The molecule has 2 saturated heterocycles. The fourth-order valence-electron chi connectivity index (χ4n) is 3.03. The van der Waals surface area contributed by atoms with Crippen LogP contribution in [-0.2, 0) is 9.53 Å². The van der Waals surface area contributed by atoms with Crippen molar-refractivity contribution in [2.24, 2.45) is 5.92 Å². The Bertz CT molecular complexity index is 615. The third-order valence-corrected chi connectivity index (χ3v) is 4.79. The summed E-state index contributed by atoms with van der Waals surface area (Å²) >= 11 is 6.27. The van der Waals surface area contributed by atoms with Gasteiger partial charge in [-0.3, -0.25) is 9.59 Å². The number of rotatable bonds is 3. The number of nitrogens with zero attached hydrogens (tertiary/aromatic N) is 1. The first-order valence-corrected chi connectivity index (χ1v) is 8.71. The van der Waals surface area contributed by atoms with E-state index in [1.54, 1.807) is 23.1 Å². The summed E-state index contributed by atoms with van der Waals surface area (Å²) in [5.41, 5.74) is 1.08. The molecule has 0 aromatic heterocycles. The lowest BCUT2D eigenvalue weighted by Gasteiger charge is -2.27. The van der Waals surface area contributed by atoms with Gasteiger partial charge in [-0.1, -0.05) is 11.6 Å². The normalized spacial score (nSPS) is 18.4. The number of carbonyl (C=O) groups is 2. The fourth-order valence-corrected chi connectivity index (χ4v) is 3.29. The molecule has 2 amide bonds. The first-order valence-electron chi connectivity index (χ1n) is 8.33. The van der Waals surface area contributed by atoms with Crippen molar-refractivity contribution in [1.29, 1.82) is 0 Å². The lowest BCUT2D eigenvalue weighted by molar-refractivity contribution is -0.120. The highest BCUT2D eigenvalue weighted by Crippen LogP contribution is 2.24. The maximum Gasteiger partial charge on any atom is 0.255 e. The van der Waals surface area contributed by atoms with Crippen LogP contribution in [0.5, 0.6) is 0 Å². The molecule has 0 aliphatic carbocycles. The van der Waals surface area contributed by atoms with Crippen LogP contribution in [-0.4, -0.2) is 56.1 Å². The number of amides is 2. The Morgan fingerprint density at radius 3 is 2.52 bits per heavy atom. The highest BCUT2D eigenvalue weighted by atomic mass is 35.5. The standard InChI is InChI=1S/C17H22ClN3O3.ClH/c18-15-11-13(20-16(22)12-3-5-19-6-4-12)1-2-14(15)17(23)21-7-9-24-10-8-21;/h1-2,11-12,19H,3-10H2,(H,20,22);1H. The zero-order valence-electron chi connectivity index (χ0n) is 13.9. The number of nitrogens with one attached hydrogen (secondary N) is 2. The van der Waals surface area contributed by atoms with Crippen molar-refractivity contribution in [2.45, 2.75) is 12.8 Å². The molecule has 0 radical (unpaired) electrons. The number of morpholine rings is 1. The second-order valence-electron chi connectivity index (χ2n) is 6.11. The minimum Gasteiger partial charge on any atom is -0.378 e. The topological polar surface area (TPSA) is 70.7 Å². The molecule has 0 unspecified atom stereocenters. The molecule has 0 saturated carbocycles. The van der Waals surface area contributed by atoms with Gasteiger partial charge in [0.2, 0.25) is 5.91 Å². The maximum absolute atomic E-state index is 12.5. The maximum atomic E-state index is 12.5. The number of halogens is 2. The van der Waals surface area contributed by atoms with E-state index in [1.165, 1.54) is 0 Å². The van der Waals surface area contributed by atoms with Crippen LogP contribution in [0.25, 0.3) is 0 Å². The van der Waals surface area contributed by atoms with Gasteiger partial charge in [0.15, 0.2) is 0 Å². The van der Waals surface area contributed by atoms with Crippen molar-refractivity contribution < 1.29 is 14.3 Å². The van der Waals surface area contributed by atoms with E-state index >= 15 is 0 Å². The van der Waals surface area contributed by atoms with Gasteiger partial charge in [-0.25, -0.2) is 0 Å². The molecule has 0 bridgehead atoms. The van der Waals surface area contributed by atoms with Gasteiger partial charge in [-0.2, -0.15) is 0 Å². The average Bonchev–Trinajstić information content (AvgIpc) is 2.63. The van der Waals surface area contributed by atoms with Gasteiger partial charge < -0.3 is 20.3 Å². The smallest absolute Gasteiger partial charge is 0.255 e. The fraction of sp³-hybridized carbons (Fsp3) is 0.529. The number of benzene rings is 1. The number of hydrogen-bond donors (Lipinski definition) is 2. The monoisotopic (exact) mass is 387 g/mol. The first-order chi connectivity index (χ1) is 11.6. The van der Waals surface area contributed by atoms with E-state index < -0.39 is 0 Å². The summed E-state index contributed by atoms with van der Waals surface area (Å²) in [6, 6.07) is 5.06. The molecule has 2 aliphatic rings. The van der Waals surface area contributed by atoms with Gasteiger partial charge in [-0.05, 0) is 44.1 Å². The van der Waals surface area contributed by atoms with E-state index in [9.17, 15) is 9.59 Å². The molecule has 2 aliphatic heterocycles. The van der Waals surface area contributed by atoms with Gasteiger partial charge in [0.1, 0.15) is 0 Å². The molecule has 1 aromatic rings. The number of piperidine rings is 1. The van der Waals surface area contributed by atoms with Gasteiger partial charge in [0.25, 0.3) is 5.91 Å². The number of ether oxygens (including phenoxy) is 1. The number of carbonyl (C=O) groups excluding carboxylic acids is 2. The molecule has 8 heteroatoms. The molecule has 2 N–H and O–H groups in total. The zero-order valence-corrected chi connectivity index (χ0v) is 15.5. The summed E-state index contributed by atoms with van der Waals surface area (Å²) in [5, 5.41) is 6.50. The van der Waals surface area contributed by atoms with Crippen LogP contribution in [0.2, 0.25) is 5.02 Å². The largest absolute Gasteiger partial charge is 0.378 e. The minimum absolute atomic E-state index is 0. The summed E-state index contributed by atoms with van der Waals surface area (Å²) in [6.45, 7) is 3.98. The van der Waals surface area contributed by atoms with Crippen LogP contribution in [0.1, 0.15) is 23.2 Å². The molecule has 1 aromatic carbocycles. The molecular formula is C17H23Cl2N3O3. The Kier molecular flexibility index (Phi) is 7.50. The van der Waals surface area contributed by atoms with E-state index in [-0.39, 0.29) is 30.1 Å². The average molecular weight is 388 g/mol. The van der Waals surface area contributed by atoms with Gasteiger partial charge in [0.05, 0.1) is 23.8 Å². The highest BCUT2D eigenvalue weighted by molar-refractivity contribution is 6.34. The van der Waals surface area contributed by atoms with Crippen LogP contribution in [0.4, 0.5) is 5.69 Å². The lowest BCUT2D eigenvalue weighted by atomic mass is 9.97. The lowest BCUT2D eigenvalue weighted by Crippen LogP contribution is -2.40. The predicted octanol–water partition coefficient (Wildman–Crippen LogP) is 2.17. The molecular weight excluding hydrogens is 365 g/mol. The summed E-state index contributed by atoms with van der Waals surface area (Å²) in [7, 11) is 0. The quantitative estimate of drug-likeness (QED) is 0.833. The molecule has 3 rings (SSSR count). The van der Waals surface area contributed by atoms with Crippen LogP contribution < -0.4 is 10.6 Å². The summed E-state index contributed by atoms with van der Waals surface area (Å²) in [6.07, 6.45) is 1.68. The molecule has 2 heterocycles. The third-order valence-electron chi connectivity index (χ3n) is 4.48.